The first-order valence-corrected chi connectivity index (χ1v) is 7.65. The summed E-state index contributed by atoms with van der Waals surface area (Å²) in [5.41, 5.74) is 2.77. The standard InChI is InChI=1S/C18H23N3O/c1-4-5-11-21(3)16-9-10-17(19-13-16)20-18(22)15-8-6-7-14(2)12-15/h6-10,12-13H,4-5,11H2,1-3H3,(H,19,20,22). The lowest BCUT2D eigenvalue weighted by Gasteiger charge is -2.18. The van der Waals surface area contributed by atoms with Crippen LogP contribution >= 0.6 is 0 Å². The van der Waals surface area contributed by atoms with Crippen molar-refractivity contribution in [3.05, 3.63) is 53.7 Å². The van der Waals surface area contributed by atoms with E-state index in [1.807, 2.05) is 37.3 Å². The zero-order chi connectivity index (χ0) is 15.9. The summed E-state index contributed by atoms with van der Waals surface area (Å²) >= 11 is 0. The van der Waals surface area contributed by atoms with Crippen LogP contribution in [-0.4, -0.2) is 24.5 Å². The summed E-state index contributed by atoms with van der Waals surface area (Å²) < 4.78 is 0. The van der Waals surface area contributed by atoms with Crippen molar-refractivity contribution in [3.8, 4) is 0 Å². The molecule has 1 aromatic carbocycles. The molecular weight excluding hydrogens is 274 g/mol. The van der Waals surface area contributed by atoms with Gasteiger partial charge in [0.1, 0.15) is 5.82 Å². The SMILES string of the molecule is CCCCN(C)c1ccc(NC(=O)c2cccc(C)c2)nc1. The lowest BCUT2D eigenvalue weighted by molar-refractivity contribution is 0.102. The third-order valence-corrected chi connectivity index (χ3v) is 3.56. The first kappa shape index (κ1) is 16.0. The molecule has 0 spiro atoms. The number of hydrogen-bond donors (Lipinski definition) is 1. The smallest absolute Gasteiger partial charge is 0.256 e. The highest BCUT2D eigenvalue weighted by molar-refractivity contribution is 6.03. The van der Waals surface area contributed by atoms with Gasteiger partial charge in [0.2, 0.25) is 0 Å². The van der Waals surface area contributed by atoms with Crippen LogP contribution in [0.4, 0.5) is 11.5 Å². The molecule has 2 rings (SSSR count). The molecular formula is C18H23N3O. The zero-order valence-corrected chi connectivity index (χ0v) is 13.5. The molecule has 0 bridgehead atoms. The second kappa shape index (κ2) is 7.59. The number of carbonyl (C=O) groups excluding carboxylic acids is 1. The van der Waals surface area contributed by atoms with Gasteiger partial charge < -0.3 is 10.2 Å². The molecule has 0 aliphatic carbocycles. The molecule has 1 amide bonds. The fourth-order valence-corrected chi connectivity index (χ4v) is 2.18. The lowest BCUT2D eigenvalue weighted by atomic mass is 10.1. The highest BCUT2D eigenvalue weighted by Crippen LogP contribution is 2.15. The Kier molecular flexibility index (Phi) is 5.53. The summed E-state index contributed by atoms with van der Waals surface area (Å²) in [7, 11) is 2.05. The molecule has 0 saturated heterocycles. The van der Waals surface area contributed by atoms with E-state index in [0.717, 1.165) is 24.2 Å². The van der Waals surface area contributed by atoms with Gasteiger partial charge >= 0.3 is 0 Å². The predicted octanol–water partition coefficient (Wildman–Crippen LogP) is 3.88. The predicted molar refractivity (Wildman–Crippen MR) is 91.5 cm³/mol. The number of rotatable bonds is 6. The molecule has 4 nitrogen and oxygen atoms in total. The van der Waals surface area contributed by atoms with Gasteiger partial charge in [-0.2, -0.15) is 0 Å². The van der Waals surface area contributed by atoms with Gasteiger partial charge in [0.05, 0.1) is 11.9 Å². The Morgan fingerprint density at radius 3 is 2.73 bits per heavy atom. The molecule has 116 valence electrons. The maximum atomic E-state index is 12.2. The van der Waals surface area contributed by atoms with Gasteiger partial charge in [-0.05, 0) is 37.6 Å². The number of amides is 1. The van der Waals surface area contributed by atoms with Crippen LogP contribution in [0.2, 0.25) is 0 Å². The third-order valence-electron chi connectivity index (χ3n) is 3.56. The van der Waals surface area contributed by atoms with Crippen LogP contribution in [0.5, 0.6) is 0 Å². The number of aryl methyl sites for hydroxylation is 1. The molecule has 0 atom stereocenters. The maximum Gasteiger partial charge on any atom is 0.256 e. The minimum absolute atomic E-state index is 0.136. The van der Waals surface area contributed by atoms with Gasteiger partial charge in [0.25, 0.3) is 5.91 Å². The van der Waals surface area contributed by atoms with E-state index >= 15 is 0 Å². The van der Waals surface area contributed by atoms with Crippen LogP contribution in [0.25, 0.3) is 0 Å². The van der Waals surface area contributed by atoms with Crippen molar-refractivity contribution in [1.29, 1.82) is 0 Å². The van der Waals surface area contributed by atoms with Crippen LogP contribution in [0.15, 0.2) is 42.6 Å². The van der Waals surface area contributed by atoms with Gasteiger partial charge in [-0.25, -0.2) is 4.98 Å². The second-order valence-corrected chi connectivity index (χ2v) is 5.50. The van der Waals surface area contributed by atoms with Crippen molar-refractivity contribution >= 4 is 17.4 Å². The highest BCUT2D eigenvalue weighted by Gasteiger charge is 2.07. The Balaban J connectivity index is 2.00. The Morgan fingerprint density at radius 2 is 2.09 bits per heavy atom. The molecule has 1 aromatic heterocycles. The number of aromatic nitrogens is 1. The van der Waals surface area contributed by atoms with Crippen LogP contribution in [-0.2, 0) is 0 Å². The summed E-state index contributed by atoms with van der Waals surface area (Å²) in [6.07, 6.45) is 4.12. The van der Waals surface area contributed by atoms with E-state index in [1.54, 1.807) is 12.3 Å². The number of unbranched alkanes of at least 4 members (excludes halogenated alkanes) is 1. The first-order chi connectivity index (χ1) is 10.6. The number of nitrogens with one attached hydrogen (secondary N) is 1. The average Bonchev–Trinajstić information content (AvgIpc) is 2.53. The van der Waals surface area contributed by atoms with E-state index in [-0.39, 0.29) is 5.91 Å². The molecule has 0 aliphatic heterocycles. The quantitative estimate of drug-likeness (QED) is 0.880. The average molecular weight is 297 g/mol. The molecule has 22 heavy (non-hydrogen) atoms. The lowest BCUT2D eigenvalue weighted by Crippen LogP contribution is -2.19. The van der Waals surface area contributed by atoms with E-state index in [9.17, 15) is 4.79 Å². The van der Waals surface area contributed by atoms with Crippen LogP contribution in [0, 0.1) is 6.92 Å². The maximum absolute atomic E-state index is 12.2. The van der Waals surface area contributed by atoms with Crippen LogP contribution in [0.3, 0.4) is 0 Å². The number of hydrogen-bond acceptors (Lipinski definition) is 3. The molecule has 0 aliphatic rings. The van der Waals surface area contributed by atoms with Crippen molar-refractivity contribution in [3.63, 3.8) is 0 Å². The summed E-state index contributed by atoms with van der Waals surface area (Å²) in [5, 5.41) is 2.83. The van der Waals surface area contributed by atoms with Crippen molar-refractivity contribution in [1.82, 2.24) is 4.98 Å². The fourth-order valence-electron chi connectivity index (χ4n) is 2.18. The van der Waals surface area contributed by atoms with E-state index in [2.05, 4.69) is 29.2 Å². The number of pyridine rings is 1. The van der Waals surface area contributed by atoms with Crippen LogP contribution < -0.4 is 10.2 Å². The van der Waals surface area contributed by atoms with E-state index < -0.39 is 0 Å². The highest BCUT2D eigenvalue weighted by atomic mass is 16.1. The van der Waals surface area contributed by atoms with Gasteiger partial charge in [0, 0.05) is 19.2 Å². The number of anilines is 2. The summed E-state index contributed by atoms with van der Waals surface area (Å²) in [6, 6.07) is 11.3. The van der Waals surface area contributed by atoms with E-state index in [1.165, 1.54) is 6.42 Å². The minimum Gasteiger partial charge on any atom is -0.373 e. The topological polar surface area (TPSA) is 45.2 Å². The Hall–Kier alpha value is -2.36. The summed E-state index contributed by atoms with van der Waals surface area (Å²) in [4.78, 5) is 18.7. The van der Waals surface area contributed by atoms with Crippen molar-refractivity contribution in [2.45, 2.75) is 26.7 Å². The Bertz CT molecular complexity index is 622. The third kappa shape index (κ3) is 4.32. The monoisotopic (exact) mass is 297 g/mol. The minimum atomic E-state index is -0.136. The number of benzene rings is 1. The molecule has 2 aromatic rings. The summed E-state index contributed by atoms with van der Waals surface area (Å²) in [5.74, 6) is 0.433. The molecule has 1 N–H and O–H groups in total. The Morgan fingerprint density at radius 1 is 1.27 bits per heavy atom. The largest absolute Gasteiger partial charge is 0.373 e. The van der Waals surface area contributed by atoms with Gasteiger partial charge in [-0.1, -0.05) is 31.0 Å². The second-order valence-electron chi connectivity index (χ2n) is 5.50. The van der Waals surface area contributed by atoms with E-state index in [0.29, 0.717) is 11.4 Å². The van der Waals surface area contributed by atoms with Crippen LogP contribution in [0.1, 0.15) is 35.7 Å². The molecule has 0 fully saturated rings. The van der Waals surface area contributed by atoms with Gasteiger partial charge in [-0.15, -0.1) is 0 Å². The zero-order valence-electron chi connectivity index (χ0n) is 13.5. The van der Waals surface area contributed by atoms with Gasteiger partial charge in [-0.3, -0.25) is 4.79 Å². The number of nitrogens with zero attached hydrogens (tertiary/aromatic N) is 2. The Labute approximate surface area is 132 Å². The first-order valence-electron chi connectivity index (χ1n) is 7.65. The molecule has 4 heteroatoms. The van der Waals surface area contributed by atoms with E-state index in [4.69, 9.17) is 0 Å². The van der Waals surface area contributed by atoms with Gasteiger partial charge in [0.15, 0.2) is 0 Å². The van der Waals surface area contributed by atoms with Crippen molar-refractivity contribution in [2.75, 3.05) is 23.8 Å². The van der Waals surface area contributed by atoms with Crippen molar-refractivity contribution in [2.24, 2.45) is 0 Å². The summed E-state index contributed by atoms with van der Waals surface area (Å²) in [6.45, 7) is 5.15. The molecule has 0 unspecified atom stereocenters. The molecule has 0 saturated carbocycles. The fraction of sp³-hybridized carbons (Fsp3) is 0.333. The van der Waals surface area contributed by atoms with Crippen molar-refractivity contribution < 1.29 is 4.79 Å². The normalized spacial score (nSPS) is 10.3. The molecule has 1 heterocycles. The number of carbonyl (C=O) groups is 1. The molecule has 0 radical (unpaired) electrons.